The van der Waals surface area contributed by atoms with Gasteiger partial charge in [-0.3, -0.25) is 13.9 Å². The van der Waals surface area contributed by atoms with Crippen LogP contribution in [0.25, 0.3) is 0 Å². The number of nitroso groups, excluding NO2 is 1. The maximum absolute atomic E-state index is 11.7. The average molecular weight is 256 g/mol. The predicted molar refractivity (Wildman–Crippen MR) is 67.2 cm³/mol. The van der Waals surface area contributed by atoms with Gasteiger partial charge in [-0.05, 0) is 18.0 Å². The fraction of sp³-hybridized carbons (Fsp3) is 0.600. The number of hydrogen-bond acceptors (Lipinski definition) is 6. The minimum absolute atomic E-state index is 0.0654. The molecule has 1 aromatic heterocycles. The summed E-state index contributed by atoms with van der Waals surface area (Å²) in [6.07, 6.45) is 1.24. The van der Waals surface area contributed by atoms with Crippen molar-refractivity contribution in [3.63, 3.8) is 0 Å². The Morgan fingerprint density at radius 1 is 1.22 bits per heavy atom. The van der Waals surface area contributed by atoms with E-state index in [2.05, 4.69) is 10.5 Å². The summed E-state index contributed by atoms with van der Waals surface area (Å²) in [5, 5.41) is 14.1. The molecular formula is C10H16N4O4. The summed E-state index contributed by atoms with van der Waals surface area (Å²) in [6.45, 7) is 0.499. The van der Waals surface area contributed by atoms with Crippen LogP contribution in [0, 0.1) is 4.91 Å². The predicted octanol–water partition coefficient (Wildman–Crippen LogP) is -0.334. The Balaban J connectivity index is 3.14. The van der Waals surface area contributed by atoms with E-state index in [4.69, 9.17) is 5.11 Å². The van der Waals surface area contributed by atoms with Crippen molar-refractivity contribution in [2.24, 2.45) is 19.3 Å². The third kappa shape index (κ3) is 2.65. The molecule has 8 nitrogen and oxygen atoms in total. The van der Waals surface area contributed by atoms with Gasteiger partial charge in [0.25, 0.3) is 5.56 Å². The second-order valence-electron chi connectivity index (χ2n) is 3.85. The van der Waals surface area contributed by atoms with Crippen molar-refractivity contribution in [1.29, 1.82) is 0 Å². The maximum atomic E-state index is 11.7. The normalized spacial score (nSPS) is 10.4. The smallest absolute Gasteiger partial charge is 0.332 e. The maximum Gasteiger partial charge on any atom is 0.332 e. The lowest BCUT2D eigenvalue weighted by atomic mass is 10.3. The van der Waals surface area contributed by atoms with E-state index >= 15 is 0 Å². The van der Waals surface area contributed by atoms with Gasteiger partial charge in [0.15, 0.2) is 0 Å². The quantitative estimate of drug-likeness (QED) is 0.535. The van der Waals surface area contributed by atoms with Gasteiger partial charge in [0.2, 0.25) is 5.69 Å². The third-order valence-corrected chi connectivity index (χ3v) is 2.61. The molecule has 0 radical (unpaired) electrons. The van der Waals surface area contributed by atoms with Gasteiger partial charge in [-0.1, -0.05) is 0 Å². The minimum Gasteiger partial charge on any atom is -0.396 e. The lowest BCUT2D eigenvalue weighted by Crippen LogP contribution is -2.38. The van der Waals surface area contributed by atoms with E-state index in [-0.39, 0.29) is 18.1 Å². The highest BCUT2D eigenvalue weighted by Gasteiger charge is 2.15. The monoisotopic (exact) mass is 256 g/mol. The van der Waals surface area contributed by atoms with E-state index in [1.165, 1.54) is 14.1 Å². The summed E-state index contributed by atoms with van der Waals surface area (Å²) in [6, 6.07) is 0. The van der Waals surface area contributed by atoms with Gasteiger partial charge in [0.1, 0.15) is 5.82 Å². The molecule has 0 amide bonds. The van der Waals surface area contributed by atoms with Gasteiger partial charge >= 0.3 is 5.69 Å². The Morgan fingerprint density at radius 3 is 2.44 bits per heavy atom. The number of aliphatic hydroxyl groups is 1. The molecule has 0 spiro atoms. The number of nitrogens with zero attached hydrogens (tertiary/aromatic N) is 3. The van der Waals surface area contributed by atoms with Crippen LogP contribution in [0.1, 0.15) is 12.8 Å². The fourth-order valence-electron chi connectivity index (χ4n) is 1.55. The van der Waals surface area contributed by atoms with Gasteiger partial charge < -0.3 is 10.4 Å². The summed E-state index contributed by atoms with van der Waals surface area (Å²) in [5.74, 6) is 0.107. The highest BCUT2D eigenvalue weighted by atomic mass is 16.3. The van der Waals surface area contributed by atoms with E-state index in [1.807, 2.05) is 0 Å². The van der Waals surface area contributed by atoms with E-state index in [9.17, 15) is 14.5 Å². The van der Waals surface area contributed by atoms with E-state index < -0.39 is 11.2 Å². The molecule has 1 heterocycles. The van der Waals surface area contributed by atoms with Crippen LogP contribution in [-0.4, -0.2) is 27.4 Å². The molecule has 0 fully saturated rings. The molecule has 0 atom stereocenters. The Kier molecular flexibility index (Phi) is 4.78. The van der Waals surface area contributed by atoms with Crippen LogP contribution >= 0.6 is 0 Å². The van der Waals surface area contributed by atoms with Crippen LogP contribution in [0.2, 0.25) is 0 Å². The highest BCUT2D eigenvalue weighted by Crippen LogP contribution is 2.16. The molecule has 0 aliphatic heterocycles. The molecule has 18 heavy (non-hydrogen) atoms. The number of rotatable bonds is 6. The molecule has 0 saturated carbocycles. The lowest BCUT2D eigenvalue weighted by Gasteiger charge is -2.12. The zero-order valence-electron chi connectivity index (χ0n) is 10.3. The number of aromatic nitrogens is 2. The van der Waals surface area contributed by atoms with Crippen LogP contribution in [0.4, 0.5) is 11.5 Å². The first-order valence-electron chi connectivity index (χ1n) is 5.52. The minimum atomic E-state index is -0.724. The van der Waals surface area contributed by atoms with Crippen molar-refractivity contribution in [1.82, 2.24) is 9.13 Å². The van der Waals surface area contributed by atoms with Crippen molar-refractivity contribution < 1.29 is 5.11 Å². The standard InChI is InChI=1S/C10H16N4O4/c1-13-8(11-5-3-4-6-15)7(12-18)9(16)14(2)10(13)17/h11,15H,3-6H2,1-2H3. The second kappa shape index (κ2) is 6.10. The van der Waals surface area contributed by atoms with Crippen LogP contribution in [0.15, 0.2) is 14.8 Å². The average Bonchev–Trinajstić information content (AvgIpc) is 2.38. The first-order chi connectivity index (χ1) is 8.54. The molecule has 0 saturated heterocycles. The number of nitrogens with one attached hydrogen (secondary N) is 1. The summed E-state index contributed by atoms with van der Waals surface area (Å²) >= 11 is 0. The summed E-state index contributed by atoms with van der Waals surface area (Å²) in [4.78, 5) is 34.0. The molecular weight excluding hydrogens is 240 g/mol. The first-order valence-corrected chi connectivity index (χ1v) is 5.52. The van der Waals surface area contributed by atoms with Crippen LogP contribution < -0.4 is 16.6 Å². The van der Waals surface area contributed by atoms with Crippen LogP contribution in [0.5, 0.6) is 0 Å². The zero-order valence-corrected chi connectivity index (χ0v) is 10.3. The van der Waals surface area contributed by atoms with Crippen molar-refractivity contribution in [2.75, 3.05) is 18.5 Å². The molecule has 1 rings (SSSR count). The van der Waals surface area contributed by atoms with Gasteiger partial charge in [-0.25, -0.2) is 4.79 Å². The molecule has 8 heteroatoms. The topological polar surface area (TPSA) is 106 Å². The molecule has 0 unspecified atom stereocenters. The summed E-state index contributed by atoms with van der Waals surface area (Å²) in [5.41, 5.74) is -1.57. The number of anilines is 1. The Bertz CT molecular complexity index is 546. The van der Waals surface area contributed by atoms with Crippen LogP contribution in [-0.2, 0) is 14.1 Å². The number of aliphatic hydroxyl groups excluding tert-OH is 1. The molecule has 0 aliphatic carbocycles. The van der Waals surface area contributed by atoms with E-state index in [0.29, 0.717) is 19.4 Å². The molecule has 0 aromatic carbocycles. The third-order valence-electron chi connectivity index (χ3n) is 2.61. The van der Waals surface area contributed by atoms with Gasteiger partial charge in [-0.15, -0.1) is 4.91 Å². The number of unbranched alkanes of at least 4 members (excludes halogenated alkanes) is 1. The van der Waals surface area contributed by atoms with Gasteiger partial charge in [0.05, 0.1) is 0 Å². The van der Waals surface area contributed by atoms with Gasteiger partial charge in [0, 0.05) is 27.2 Å². The second-order valence-corrected chi connectivity index (χ2v) is 3.85. The lowest BCUT2D eigenvalue weighted by molar-refractivity contribution is 0.286. The molecule has 1 aromatic rings. The molecule has 0 aliphatic rings. The summed E-state index contributed by atoms with van der Waals surface area (Å²) < 4.78 is 1.99. The van der Waals surface area contributed by atoms with Crippen LogP contribution in [0.3, 0.4) is 0 Å². The van der Waals surface area contributed by atoms with Crippen molar-refractivity contribution >= 4 is 11.5 Å². The molecule has 2 N–H and O–H groups in total. The zero-order chi connectivity index (χ0) is 13.7. The SMILES string of the molecule is Cn1c(NCCCCO)c(N=O)c(=O)n(C)c1=O. The Hall–Kier alpha value is -1.96. The first kappa shape index (κ1) is 14.1. The van der Waals surface area contributed by atoms with Gasteiger partial charge in [-0.2, -0.15) is 0 Å². The largest absolute Gasteiger partial charge is 0.396 e. The fourth-order valence-corrected chi connectivity index (χ4v) is 1.55. The summed E-state index contributed by atoms with van der Waals surface area (Å²) in [7, 11) is 2.74. The number of hydrogen-bond donors (Lipinski definition) is 2. The van der Waals surface area contributed by atoms with Crippen molar-refractivity contribution in [3.8, 4) is 0 Å². The highest BCUT2D eigenvalue weighted by molar-refractivity contribution is 5.59. The van der Waals surface area contributed by atoms with Crippen molar-refractivity contribution in [3.05, 3.63) is 25.7 Å². The molecule has 0 bridgehead atoms. The Labute approximate surface area is 103 Å². The van der Waals surface area contributed by atoms with E-state index in [1.54, 1.807) is 0 Å². The van der Waals surface area contributed by atoms with Crippen molar-refractivity contribution in [2.45, 2.75) is 12.8 Å². The molecule has 100 valence electrons. The Morgan fingerprint density at radius 2 is 1.89 bits per heavy atom. The van der Waals surface area contributed by atoms with E-state index in [0.717, 1.165) is 9.13 Å².